The number of aromatic nitrogens is 6. The van der Waals surface area contributed by atoms with E-state index in [0.29, 0.717) is 5.82 Å². The number of nitrogen functional groups attached to an aromatic ring is 1. The second-order valence-electron chi connectivity index (χ2n) is 5.52. The van der Waals surface area contributed by atoms with Crippen molar-refractivity contribution < 1.29 is 13.2 Å². The Kier molecular flexibility index (Phi) is 5.17. The molecule has 2 aromatic heterocycles. The molecule has 3 rings (SSSR count). The molecular formula is C15H15F3N8S. The molecule has 3 N–H and O–H groups in total. The molecule has 0 saturated carbocycles. The van der Waals surface area contributed by atoms with Crippen LogP contribution in [-0.4, -0.2) is 29.7 Å². The van der Waals surface area contributed by atoms with E-state index in [1.807, 2.05) is 31.2 Å². The van der Waals surface area contributed by atoms with E-state index in [2.05, 4.69) is 30.5 Å². The highest BCUT2D eigenvalue weighted by molar-refractivity contribution is 7.98. The van der Waals surface area contributed by atoms with Gasteiger partial charge in [-0.1, -0.05) is 30.0 Å². The Morgan fingerprint density at radius 3 is 2.56 bits per heavy atom. The highest BCUT2D eigenvalue weighted by Crippen LogP contribution is 2.30. The van der Waals surface area contributed by atoms with Crippen LogP contribution in [-0.2, 0) is 19.0 Å². The van der Waals surface area contributed by atoms with Crippen molar-refractivity contribution >= 4 is 29.3 Å². The van der Waals surface area contributed by atoms with Gasteiger partial charge in [0.1, 0.15) is 5.82 Å². The molecule has 0 unspecified atom stereocenters. The van der Waals surface area contributed by atoms with E-state index < -0.39 is 12.0 Å². The summed E-state index contributed by atoms with van der Waals surface area (Å²) in [6, 6.07) is 7.56. The van der Waals surface area contributed by atoms with Crippen molar-refractivity contribution in [1.82, 2.24) is 29.7 Å². The lowest BCUT2D eigenvalue weighted by atomic mass is 10.2. The fourth-order valence-electron chi connectivity index (χ4n) is 2.21. The first-order valence-corrected chi connectivity index (χ1v) is 8.65. The van der Waals surface area contributed by atoms with Gasteiger partial charge in [0.15, 0.2) is 5.16 Å². The summed E-state index contributed by atoms with van der Waals surface area (Å²) >= 11 is 1.02. The second-order valence-corrected chi connectivity index (χ2v) is 6.47. The Balaban J connectivity index is 1.76. The van der Waals surface area contributed by atoms with Gasteiger partial charge in [-0.05, 0) is 18.6 Å². The van der Waals surface area contributed by atoms with Crippen LogP contribution in [0.25, 0.3) is 0 Å². The molecule has 12 heteroatoms. The van der Waals surface area contributed by atoms with E-state index in [1.54, 1.807) is 0 Å². The van der Waals surface area contributed by atoms with Gasteiger partial charge >= 0.3 is 6.18 Å². The first kappa shape index (κ1) is 18.9. The lowest BCUT2D eigenvalue weighted by Gasteiger charge is -2.09. The van der Waals surface area contributed by atoms with Gasteiger partial charge in [0.25, 0.3) is 0 Å². The zero-order chi connectivity index (χ0) is 19.6. The predicted molar refractivity (Wildman–Crippen MR) is 94.3 cm³/mol. The number of nitrogens with two attached hydrogens (primary N) is 1. The number of para-hydroxylation sites is 1. The average molecular weight is 396 g/mol. The fraction of sp³-hybridized carbons (Fsp3) is 0.267. The molecule has 2 heterocycles. The van der Waals surface area contributed by atoms with Gasteiger partial charge in [-0.15, -0.1) is 10.2 Å². The molecule has 8 nitrogen and oxygen atoms in total. The van der Waals surface area contributed by atoms with Gasteiger partial charge in [0.05, 0.1) is 5.75 Å². The van der Waals surface area contributed by atoms with E-state index >= 15 is 0 Å². The zero-order valence-electron chi connectivity index (χ0n) is 14.3. The van der Waals surface area contributed by atoms with Gasteiger partial charge < -0.3 is 15.6 Å². The summed E-state index contributed by atoms with van der Waals surface area (Å²) in [6.45, 7) is 1.93. The van der Waals surface area contributed by atoms with Crippen LogP contribution in [0.2, 0.25) is 0 Å². The van der Waals surface area contributed by atoms with Gasteiger partial charge in [-0.3, -0.25) is 0 Å². The number of hydrogen-bond donors (Lipinski definition) is 2. The van der Waals surface area contributed by atoms with Crippen molar-refractivity contribution in [2.75, 3.05) is 11.1 Å². The minimum atomic E-state index is -4.57. The molecule has 1 aromatic carbocycles. The second kappa shape index (κ2) is 7.39. The Morgan fingerprint density at radius 1 is 1.15 bits per heavy atom. The van der Waals surface area contributed by atoms with Gasteiger partial charge in [-0.25, -0.2) is 0 Å². The number of anilines is 3. The molecule has 0 aliphatic rings. The Labute approximate surface area is 156 Å². The molecule has 0 saturated heterocycles. The molecule has 0 spiro atoms. The normalized spacial score (nSPS) is 11.6. The first-order valence-electron chi connectivity index (χ1n) is 7.66. The Hall–Kier alpha value is -2.89. The largest absolute Gasteiger partial charge is 0.451 e. The lowest BCUT2D eigenvalue weighted by molar-refractivity contribution is -0.147. The fourth-order valence-corrected chi connectivity index (χ4v) is 2.97. The molecule has 0 fully saturated rings. The molecule has 0 aliphatic carbocycles. The van der Waals surface area contributed by atoms with Crippen LogP contribution in [0.15, 0.2) is 29.4 Å². The predicted octanol–water partition coefficient (Wildman–Crippen LogP) is 2.95. The quantitative estimate of drug-likeness (QED) is 0.634. The summed E-state index contributed by atoms with van der Waals surface area (Å²) in [5.41, 5.74) is 7.52. The standard InChI is InChI=1S/C15H15F3N8S/c1-8-5-3-4-6-9(8)20-13-22-10(21-12(19)23-13)7-27-14-25-24-11(26(14)2)15(16,17)18/h3-6H,7H2,1-2H3,(H3,19,20,21,22,23). The van der Waals surface area contributed by atoms with Crippen molar-refractivity contribution in [3.63, 3.8) is 0 Å². The summed E-state index contributed by atoms with van der Waals surface area (Å²) in [6.07, 6.45) is -4.57. The van der Waals surface area contributed by atoms with Crippen molar-refractivity contribution in [2.45, 2.75) is 24.0 Å². The maximum atomic E-state index is 12.8. The van der Waals surface area contributed by atoms with E-state index in [4.69, 9.17) is 5.73 Å². The Morgan fingerprint density at radius 2 is 1.89 bits per heavy atom. The summed E-state index contributed by atoms with van der Waals surface area (Å²) in [5, 5.41) is 9.88. The monoisotopic (exact) mass is 396 g/mol. The number of thioether (sulfide) groups is 1. The SMILES string of the molecule is Cc1ccccc1Nc1nc(N)nc(CSc2nnc(C(F)(F)F)n2C)n1. The third-order valence-electron chi connectivity index (χ3n) is 3.51. The number of halogens is 3. The van der Waals surface area contributed by atoms with Crippen molar-refractivity contribution in [2.24, 2.45) is 7.05 Å². The summed E-state index contributed by atoms with van der Waals surface area (Å²) < 4.78 is 39.2. The Bertz CT molecular complexity index is 956. The van der Waals surface area contributed by atoms with Crippen LogP contribution in [0, 0.1) is 6.92 Å². The smallest absolute Gasteiger partial charge is 0.368 e. The number of hydrogen-bond acceptors (Lipinski definition) is 8. The molecule has 0 bridgehead atoms. The van der Waals surface area contributed by atoms with Crippen molar-refractivity contribution in [3.8, 4) is 0 Å². The zero-order valence-corrected chi connectivity index (χ0v) is 15.1. The molecule has 0 amide bonds. The number of benzene rings is 1. The third kappa shape index (κ3) is 4.45. The van der Waals surface area contributed by atoms with Crippen LogP contribution in [0.1, 0.15) is 17.2 Å². The van der Waals surface area contributed by atoms with Crippen LogP contribution in [0.5, 0.6) is 0 Å². The summed E-state index contributed by atoms with van der Waals surface area (Å²) in [7, 11) is 1.25. The minimum Gasteiger partial charge on any atom is -0.368 e. The first-order chi connectivity index (χ1) is 12.7. The van der Waals surface area contributed by atoms with Crippen molar-refractivity contribution in [3.05, 3.63) is 41.5 Å². The highest BCUT2D eigenvalue weighted by Gasteiger charge is 2.37. The number of nitrogens with zero attached hydrogens (tertiary/aromatic N) is 6. The molecule has 0 atom stereocenters. The van der Waals surface area contributed by atoms with Gasteiger partial charge in [-0.2, -0.15) is 28.1 Å². The van der Waals surface area contributed by atoms with Crippen LogP contribution in [0.4, 0.5) is 30.8 Å². The maximum absolute atomic E-state index is 12.8. The number of aryl methyl sites for hydroxylation is 1. The number of nitrogens with one attached hydrogen (secondary N) is 1. The van der Waals surface area contributed by atoms with E-state index in [9.17, 15) is 13.2 Å². The number of alkyl halides is 3. The molecule has 0 aliphatic heterocycles. The molecule has 27 heavy (non-hydrogen) atoms. The molecule has 0 radical (unpaired) electrons. The van der Waals surface area contributed by atoms with Crippen molar-refractivity contribution in [1.29, 1.82) is 0 Å². The van der Waals surface area contributed by atoms with Crippen LogP contribution >= 0.6 is 11.8 Å². The molecular weight excluding hydrogens is 381 g/mol. The topological polar surface area (TPSA) is 107 Å². The summed E-state index contributed by atoms with van der Waals surface area (Å²) in [5.74, 6) is -0.354. The molecule has 3 aromatic rings. The maximum Gasteiger partial charge on any atom is 0.451 e. The van der Waals surface area contributed by atoms with Gasteiger partial charge in [0.2, 0.25) is 17.7 Å². The average Bonchev–Trinajstić information content (AvgIpc) is 2.96. The van der Waals surface area contributed by atoms with E-state index in [1.165, 1.54) is 7.05 Å². The van der Waals surface area contributed by atoms with E-state index in [0.717, 1.165) is 27.6 Å². The van der Waals surface area contributed by atoms with Crippen LogP contribution < -0.4 is 11.1 Å². The van der Waals surface area contributed by atoms with Crippen LogP contribution in [0.3, 0.4) is 0 Å². The lowest BCUT2D eigenvalue weighted by Crippen LogP contribution is -2.13. The minimum absolute atomic E-state index is 0.00521. The molecule has 142 valence electrons. The number of rotatable bonds is 5. The third-order valence-corrected chi connectivity index (χ3v) is 4.53. The van der Waals surface area contributed by atoms with E-state index in [-0.39, 0.29) is 22.8 Å². The highest BCUT2D eigenvalue weighted by atomic mass is 32.2. The summed E-state index contributed by atoms with van der Waals surface area (Å²) in [4.78, 5) is 12.3. The van der Waals surface area contributed by atoms with Gasteiger partial charge in [0, 0.05) is 12.7 Å².